The first-order valence-electron chi connectivity index (χ1n) is 0.204. The molecule has 0 saturated heterocycles. The molecule has 0 amide bonds. The van der Waals surface area contributed by atoms with Crippen LogP contribution in [0.2, 0.25) is 0 Å². The van der Waals surface area contributed by atoms with Gasteiger partial charge in [-0.2, -0.15) is 0 Å². The fraction of sp³-hybridized carbons (Fsp3) is 0. The molecule has 0 atom stereocenters. The van der Waals surface area contributed by atoms with Gasteiger partial charge in [-0.15, -0.1) is 0 Å². The summed E-state index contributed by atoms with van der Waals surface area (Å²) in [6, 6.07) is 0. The maximum Gasteiger partial charge on any atom is 1.00 e. The molecule has 0 aromatic heterocycles. The first-order valence-corrected chi connectivity index (χ1v) is 0.612. The molecule has 0 saturated carbocycles. The fourth-order valence-corrected chi connectivity index (χ4v) is 0. The summed E-state index contributed by atoms with van der Waals surface area (Å²) in [6.07, 6.45) is 0. The number of hydrogen-bond acceptors (Lipinski definition) is 1. The largest absolute Gasteiger partial charge is 1.00 e. The zero-order valence-corrected chi connectivity index (χ0v) is 4.97. The molecule has 0 bridgehead atoms. The molecule has 0 rings (SSSR count). The summed E-state index contributed by atoms with van der Waals surface area (Å²) in [5.74, 6) is 0. The molecule has 0 aromatic carbocycles. The van der Waals surface area contributed by atoms with Gasteiger partial charge < -0.3 is 1.43 Å². The summed E-state index contributed by atoms with van der Waals surface area (Å²) >= 11 is 0. The van der Waals surface area contributed by atoms with Gasteiger partial charge in [-0.1, -0.05) is 0 Å². The Hall–Kier alpha value is 1.41. The molecule has 4 heavy (non-hydrogen) atoms. The molecular formula is H2LiOPTi. The normalized spacial score (nSPS) is 1.00. The van der Waals surface area contributed by atoms with Crippen LogP contribution >= 0.6 is 9.12 Å². The Balaban J connectivity index is -0.00000000167. The fourth-order valence-electron chi connectivity index (χ4n) is 0. The third-order valence-electron chi connectivity index (χ3n) is 0. The van der Waals surface area contributed by atoms with Crippen LogP contribution in [0, 0.1) is 0 Å². The van der Waals surface area contributed by atoms with Gasteiger partial charge in [-0.05, 0) is 0 Å². The average molecular weight is 104 g/mol. The third kappa shape index (κ3) is 9.96. The molecule has 0 aliphatic rings. The summed E-state index contributed by atoms with van der Waals surface area (Å²) < 4.78 is 8.06. The van der Waals surface area contributed by atoms with E-state index in [9.17, 15) is 0 Å². The van der Waals surface area contributed by atoms with Gasteiger partial charge in [0.25, 0.3) is 0 Å². The van der Waals surface area contributed by atoms with Crippen LogP contribution in [0.5, 0.6) is 0 Å². The topological polar surface area (TPSA) is 17.1 Å². The number of hydrogen-bond donors (Lipinski definition) is 0. The smallest absolute Gasteiger partial charge is 1.00 e. The van der Waals surface area contributed by atoms with E-state index in [0.717, 1.165) is 0 Å². The van der Waals surface area contributed by atoms with Crippen molar-refractivity contribution in [1.29, 1.82) is 0 Å². The van der Waals surface area contributed by atoms with Crippen molar-refractivity contribution < 1.29 is 46.6 Å². The second kappa shape index (κ2) is 25.8. The number of rotatable bonds is 0. The van der Waals surface area contributed by atoms with Crippen LogP contribution in [0.1, 0.15) is 1.43 Å². The van der Waals surface area contributed by atoms with Gasteiger partial charge in [0.2, 0.25) is 0 Å². The minimum absolute atomic E-state index is 0. The molecule has 0 aliphatic carbocycles. The maximum absolute atomic E-state index is 8.06. The Kier molecular flexibility index (Phi) is 117. The van der Waals surface area contributed by atoms with E-state index >= 15 is 0 Å². The predicted octanol–water partition coefficient (Wildman–Crippen LogP) is -2.41. The Morgan fingerprint density at radius 1 is 1.50 bits per heavy atom. The Labute approximate surface area is 55.7 Å². The van der Waals surface area contributed by atoms with Crippen molar-refractivity contribution in [2.24, 2.45) is 0 Å². The zero-order valence-electron chi connectivity index (χ0n) is 3.41. The van der Waals surface area contributed by atoms with Gasteiger partial charge in [-0.25, -0.2) is 0 Å². The van der Waals surface area contributed by atoms with Crippen LogP contribution in [-0.2, 0) is 26.3 Å². The molecule has 18 valence electrons. The second-order valence-electron chi connectivity index (χ2n) is 0. The minimum Gasteiger partial charge on any atom is -1.00 e. The van der Waals surface area contributed by atoms with Gasteiger partial charge in [0.15, 0.2) is 0 Å². The molecule has 1 nitrogen and oxygen atoms in total. The Morgan fingerprint density at radius 2 is 1.50 bits per heavy atom. The molecule has 0 N–H and O–H groups in total. The van der Waals surface area contributed by atoms with Gasteiger partial charge in [-0.3, -0.25) is 4.57 Å². The molecule has 0 fully saturated rings. The van der Waals surface area contributed by atoms with Crippen LogP contribution in [-0.4, -0.2) is 0 Å². The van der Waals surface area contributed by atoms with E-state index in [0.29, 0.717) is 0 Å². The van der Waals surface area contributed by atoms with Gasteiger partial charge >= 0.3 is 18.9 Å². The zero-order chi connectivity index (χ0) is 2.00. The first kappa shape index (κ1) is 18.1. The van der Waals surface area contributed by atoms with Crippen molar-refractivity contribution in [3.63, 3.8) is 0 Å². The van der Waals surface area contributed by atoms with Crippen molar-refractivity contribution in [3.8, 4) is 0 Å². The van der Waals surface area contributed by atoms with Crippen molar-refractivity contribution >= 4 is 9.12 Å². The molecule has 0 spiro atoms. The summed E-state index contributed by atoms with van der Waals surface area (Å²) in [7, 11) is 1.72. The van der Waals surface area contributed by atoms with E-state index in [2.05, 4.69) is 0 Å². The summed E-state index contributed by atoms with van der Waals surface area (Å²) in [6.45, 7) is 0. The molecule has 0 aromatic rings. The van der Waals surface area contributed by atoms with Crippen LogP contribution in [0.4, 0.5) is 0 Å². The standard InChI is InChI=1S/Li.HOP.Ti.H/c;1-2;;/h;2H;;/q+1;;;-1. The Bertz CT molecular complexity index is 11.6. The second-order valence-corrected chi connectivity index (χ2v) is 0. The van der Waals surface area contributed by atoms with Gasteiger partial charge in [0.05, 0.1) is 0 Å². The minimum atomic E-state index is 0. The van der Waals surface area contributed by atoms with Gasteiger partial charge in [0, 0.05) is 21.7 Å². The summed E-state index contributed by atoms with van der Waals surface area (Å²) in [5, 5.41) is 0. The van der Waals surface area contributed by atoms with Crippen molar-refractivity contribution in [2.45, 2.75) is 0 Å². The monoisotopic (exact) mass is 104 g/mol. The molecule has 0 radical (unpaired) electrons. The van der Waals surface area contributed by atoms with E-state index < -0.39 is 0 Å². The van der Waals surface area contributed by atoms with Crippen LogP contribution in [0.15, 0.2) is 0 Å². The summed E-state index contributed by atoms with van der Waals surface area (Å²) in [5.41, 5.74) is 0. The molecular weight excluding hydrogens is 102 g/mol. The Morgan fingerprint density at radius 3 is 1.50 bits per heavy atom. The average Bonchev–Trinajstić information content (AvgIpc) is 1.00. The first-order chi connectivity index (χ1) is 1.00. The molecule has 0 aliphatic heterocycles. The van der Waals surface area contributed by atoms with E-state index in [4.69, 9.17) is 4.57 Å². The van der Waals surface area contributed by atoms with Crippen LogP contribution < -0.4 is 18.9 Å². The molecule has 0 unspecified atom stereocenters. The van der Waals surface area contributed by atoms with E-state index in [1.54, 1.807) is 9.12 Å². The van der Waals surface area contributed by atoms with Gasteiger partial charge in [0.1, 0.15) is 9.12 Å². The van der Waals surface area contributed by atoms with E-state index in [-0.39, 0.29) is 42.0 Å². The SMILES string of the molecule is O=P.[H-].[Li+].[Ti]. The van der Waals surface area contributed by atoms with Crippen LogP contribution in [0.25, 0.3) is 0 Å². The van der Waals surface area contributed by atoms with E-state index in [1.807, 2.05) is 0 Å². The third-order valence-corrected chi connectivity index (χ3v) is 0. The van der Waals surface area contributed by atoms with Crippen molar-refractivity contribution in [1.82, 2.24) is 0 Å². The quantitative estimate of drug-likeness (QED) is 0.247. The van der Waals surface area contributed by atoms with Crippen LogP contribution in [0.3, 0.4) is 0 Å². The van der Waals surface area contributed by atoms with E-state index in [1.165, 1.54) is 0 Å². The predicted molar refractivity (Wildman–Crippen MR) is 10.1 cm³/mol. The molecule has 4 heteroatoms. The van der Waals surface area contributed by atoms with Crippen molar-refractivity contribution in [2.75, 3.05) is 0 Å². The maximum atomic E-state index is 8.06. The molecule has 0 heterocycles. The summed E-state index contributed by atoms with van der Waals surface area (Å²) in [4.78, 5) is 0. The van der Waals surface area contributed by atoms with Crippen molar-refractivity contribution in [3.05, 3.63) is 0 Å².